The Morgan fingerprint density at radius 1 is 1.56 bits per heavy atom. The summed E-state index contributed by atoms with van der Waals surface area (Å²) in [5, 5.41) is 19.2. The van der Waals surface area contributed by atoms with Crippen LogP contribution in [0.2, 0.25) is 0 Å². The molecule has 2 heterocycles. The van der Waals surface area contributed by atoms with Gasteiger partial charge in [0.15, 0.2) is 0 Å². The summed E-state index contributed by atoms with van der Waals surface area (Å²) in [6.45, 7) is 4.23. The minimum atomic E-state index is -0.0716. The van der Waals surface area contributed by atoms with Crippen LogP contribution >= 0.6 is 11.3 Å². The zero-order valence-electron chi connectivity index (χ0n) is 8.83. The summed E-state index contributed by atoms with van der Waals surface area (Å²) in [6.07, 6.45) is 2.53. The molecule has 0 saturated carbocycles. The van der Waals surface area contributed by atoms with Crippen LogP contribution in [-0.4, -0.2) is 20.1 Å². The van der Waals surface area contributed by atoms with E-state index in [0.717, 1.165) is 12.1 Å². The van der Waals surface area contributed by atoms with E-state index in [1.165, 1.54) is 4.88 Å². The van der Waals surface area contributed by atoms with Crippen molar-refractivity contribution in [2.75, 3.05) is 0 Å². The summed E-state index contributed by atoms with van der Waals surface area (Å²) in [7, 11) is 0. The minimum Gasteiger partial charge on any atom is -0.390 e. The monoisotopic (exact) mass is 235 g/mol. The van der Waals surface area contributed by atoms with E-state index >= 15 is 0 Å². The van der Waals surface area contributed by atoms with Crippen molar-refractivity contribution >= 4 is 11.3 Å². The molecule has 0 aliphatic rings. The van der Waals surface area contributed by atoms with E-state index in [1.807, 2.05) is 11.4 Å². The SMILES string of the molecule is C=CCn1nnc(CO)c1Cc1cccs1. The van der Waals surface area contributed by atoms with Gasteiger partial charge in [-0.25, -0.2) is 4.68 Å². The maximum absolute atomic E-state index is 9.19. The van der Waals surface area contributed by atoms with Crippen LogP contribution in [0.3, 0.4) is 0 Å². The first-order valence-corrected chi connectivity index (χ1v) is 5.88. The predicted molar refractivity (Wildman–Crippen MR) is 63.3 cm³/mol. The summed E-state index contributed by atoms with van der Waals surface area (Å²) in [5.41, 5.74) is 1.61. The normalized spacial score (nSPS) is 10.6. The second-order valence-corrected chi connectivity index (χ2v) is 4.40. The van der Waals surface area contributed by atoms with Crippen LogP contribution < -0.4 is 0 Å². The number of allylic oxidation sites excluding steroid dienone is 1. The smallest absolute Gasteiger partial charge is 0.112 e. The minimum absolute atomic E-state index is 0.0716. The van der Waals surface area contributed by atoms with Crippen molar-refractivity contribution in [1.82, 2.24) is 15.0 Å². The quantitative estimate of drug-likeness (QED) is 0.801. The summed E-state index contributed by atoms with van der Waals surface area (Å²) in [6, 6.07) is 4.08. The number of hydrogen-bond acceptors (Lipinski definition) is 4. The zero-order chi connectivity index (χ0) is 11.4. The summed E-state index contributed by atoms with van der Waals surface area (Å²) < 4.78 is 1.78. The lowest BCUT2D eigenvalue weighted by atomic mass is 10.2. The molecule has 0 aromatic carbocycles. The largest absolute Gasteiger partial charge is 0.390 e. The van der Waals surface area contributed by atoms with E-state index < -0.39 is 0 Å². The highest BCUT2D eigenvalue weighted by molar-refractivity contribution is 7.09. The van der Waals surface area contributed by atoms with E-state index in [9.17, 15) is 5.11 Å². The average molecular weight is 235 g/mol. The molecular weight excluding hydrogens is 222 g/mol. The molecule has 1 N–H and O–H groups in total. The second-order valence-electron chi connectivity index (χ2n) is 3.37. The number of hydrogen-bond donors (Lipinski definition) is 1. The lowest BCUT2D eigenvalue weighted by Crippen LogP contribution is -2.05. The van der Waals surface area contributed by atoms with Crippen molar-refractivity contribution in [2.24, 2.45) is 0 Å². The van der Waals surface area contributed by atoms with E-state index in [4.69, 9.17) is 0 Å². The molecule has 5 heteroatoms. The first-order chi connectivity index (χ1) is 7.85. The molecule has 16 heavy (non-hydrogen) atoms. The number of rotatable bonds is 5. The van der Waals surface area contributed by atoms with Crippen LogP contribution in [0.4, 0.5) is 0 Å². The fourth-order valence-corrected chi connectivity index (χ4v) is 2.24. The molecule has 0 saturated heterocycles. The maximum atomic E-state index is 9.19. The average Bonchev–Trinajstić information content (AvgIpc) is 2.91. The van der Waals surface area contributed by atoms with Gasteiger partial charge in [0, 0.05) is 11.3 Å². The van der Waals surface area contributed by atoms with Gasteiger partial charge in [-0.15, -0.1) is 23.0 Å². The molecule has 2 rings (SSSR count). The first kappa shape index (κ1) is 11.0. The Balaban J connectivity index is 2.29. The van der Waals surface area contributed by atoms with Gasteiger partial charge in [-0.1, -0.05) is 17.4 Å². The molecule has 0 aliphatic carbocycles. The maximum Gasteiger partial charge on any atom is 0.112 e. The van der Waals surface area contributed by atoms with Crippen molar-refractivity contribution in [3.63, 3.8) is 0 Å². The Morgan fingerprint density at radius 2 is 2.44 bits per heavy atom. The van der Waals surface area contributed by atoms with E-state index in [2.05, 4.69) is 23.0 Å². The van der Waals surface area contributed by atoms with Crippen LogP contribution in [0.5, 0.6) is 0 Å². The number of aliphatic hydroxyl groups excluding tert-OH is 1. The van der Waals surface area contributed by atoms with Gasteiger partial charge in [-0.2, -0.15) is 0 Å². The lowest BCUT2D eigenvalue weighted by Gasteiger charge is -2.03. The van der Waals surface area contributed by atoms with Gasteiger partial charge in [0.1, 0.15) is 5.69 Å². The van der Waals surface area contributed by atoms with E-state index in [1.54, 1.807) is 22.1 Å². The highest BCUT2D eigenvalue weighted by Crippen LogP contribution is 2.16. The molecule has 0 atom stereocenters. The van der Waals surface area contributed by atoms with E-state index in [-0.39, 0.29) is 6.61 Å². The first-order valence-electron chi connectivity index (χ1n) is 5.00. The topological polar surface area (TPSA) is 50.9 Å². The van der Waals surface area contributed by atoms with Gasteiger partial charge in [0.05, 0.1) is 18.8 Å². The Bertz CT molecular complexity index is 462. The number of aliphatic hydroxyl groups is 1. The number of aromatic nitrogens is 3. The molecule has 84 valence electrons. The molecule has 0 spiro atoms. The molecule has 4 nitrogen and oxygen atoms in total. The van der Waals surface area contributed by atoms with Gasteiger partial charge in [0.2, 0.25) is 0 Å². The molecule has 0 radical (unpaired) electrons. The Hall–Kier alpha value is -1.46. The van der Waals surface area contributed by atoms with Crippen LogP contribution in [0, 0.1) is 0 Å². The third-order valence-electron chi connectivity index (χ3n) is 2.29. The Labute approximate surface area is 97.9 Å². The summed E-state index contributed by atoms with van der Waals surface area (Å²) in [5.74, 6) is 0. The fourth-order valence-electron chi connectivity index (χ4n) is 1.53. The molecular formula is C11H13N3OS. The van der Waals surface area contributed by atoms with Crippen LogP contribution in [-0.2, 0) is 19.6 Å². The lowest BCUT2D eigenvalue weighted by molar-refractivity contribution is 0.275. The van der Waals surface area contributed by atoms with Crippen molar-refractivity contribution in [1.29, 1.82) is 0 Å². The molecule has 2 aromatic heterocycles. The van der Waals surface area contributed by atoms with Crippen molar-refractivity contribution in [3.8, 4) is 0 Å². The predicted octanol–water partition coefficient (Wildman–Crippen LogP) is 1.61. The summed E-state index contributed by atoms with van der Waals surface area (Å²) >= 11 is 1.69. The summed E-state index contributed by atoms with van der Waals surface area (Å²) in [4.78, 5) is 1.24. The van der Waals surface area contributed by atoms with Gasteiger partial charge in [-0.3, -0.25) is 0 Å². The van der Waals surface area contributed by atoms with Crippen LogP contribution in [0.1, 0.15) is 16.3 Å². The van der Waals surface area contributed by atoms with Crippen molar-refractivity contribution in [2.45, 2.75) is 19.6 Å². The molecule has 0 unspecified atom stereocenters. The molecule has 0 aliphatic heterocycles. The van der Waals surface area contributed by atoms with E-state index in [0.29, 0.717) is 12.2 Å². The second kappa shape index (κ2) is 5.05. The highest BCUT2D eigenvalue weighted by atomic mass is 32.1. The molecule has 0 amide bonds. The van der Waals surface area contributed by atoms with Gasteiger partial charge >= 0.3 is 0 Å². The van der Waals surface area contributed by atoms with Crippen molar-refractivity contribution in [3.05, 3.63) is 46.4 Å². The van der Waals surface area contributed by atoms with Crippen molar-refractivity contribution < 1.29 is 5.11 Å². The number of thiophene rings is 1. The highest BCUT2D eigenvalue weighted by Gasteiger charge is 2.12. The van der Waals surface area contributed by atoms with Crippen LogP contribution in [0.15, 0.2) is 30.2 Å². The fraction of sp³-hybridized carbons (Fsp3) is 0.273. The van der Waals surface area contributed by atoms with Gasteiger partial charge < -0.3 is 5.11 Å². The van der Waals surface area contributed by atoms with Gasteiger partial charge in [-0.05, 0) is 11.4 Å². The molecule has 0 fully saturated rings. The van der Waals surface area contributed by atoms with Crippen LogP contribution in [0.25, 0.3) is 0 Å². The standard InChI is InChI=1S/C11H13N3OS/c1-2-5-14-11(10(8-15)12-13-14)7-9-4-3-6-16-9/h2-4,6,15H,1,5,7-8H2. The molecule has 0 bridgehead atoms. The third-order valence-corrected chi connectivity index (χ3v) is 3.17. The third kappa shape index (κ3) is 2.20. The molecule has 2 aromatic rings. The Kier molecular flexibility index (Phi) is 3.48. The Morgan fingerprint density at radius 3 is 3.06 bits per heavy atom. The zero-order valence-corrected chi connectivity index (χ0v) is 9.65. The van der Waals surface area contributed by atoms with Gasteiger partial charge in [0.25, 0.3) is 0 Å². The number of nitrogens with zero attached hydrogens (tertiary/aromatic N) is 3.